The standard InChI is InChI=1S/C25H29N3O5/c1-17-22(24(30)33-23(17)26-18(2)29)20-8-10-21(11-9-20)27-12-14-28(15-13-27)25(31)32-16-19-6-4-3-5-7-19/h3-11,17,22-23H,12-16H2,1-2H3,(H,26,29)/t17?,22?,23-/m1/s1. The quantitative estimate of drug-likeness (QED) is 0.704. The Labute approximate surface area is 193 Å². The smallest absolute Gasteiger partial charge is 0.410 e. The summed E-state index contributed by atoms with van der Waals surface area (Å²) in [5, 5.41) is 2.68. The minimum atomic E-state index is -0.602. The Morgan fingerprint density at radius 3 is 2.33 bits per heavy atom. The number of nitrogens with one attached hydrogen (secondary N) is 1. The lowest BCUT2D eigenvalue weighted by atomic mass is 9.88. The molecule has 33 heavy (non-hydrogen) atoms. The first-order valence-corrected chi connectivity index (χ1v) is 11.2. The number of cyclic esters (lactones) is 1. The summed E-state index contributed by atoms with van der Waals surface area (Å²) in [7, 11) is 0. The van der Waals surface area contributed by atoms with E-state index in [1.165, 1.54) is 6.92 Å². The van der Waals surface area contributed by atoms with Crippen LogP contribution in [-0.2, 0) is 25.7 Å². The van der Waals surface area contributed by atoms with Crippen LogP contribution < -0.4 is 10.2 Å². The summed E-state index contributed by atoms with van der Waals surface area (Å²) < 4.78 is 10.8. The van der Waals surface area contributed by atoms with Gasteiger partial charge >= 0.3 is 12.1 Å². The van der Waals surface area contributed by atoms with Gasteiger partial charge in [-0.05, 0) is 23.3 Å². The van der Waals surface area contributed by atoms with Crippen LogP contribution in [0.25, 0.3) is 0 Å². The molecular weight excluding hydrogens is 422 g/mol. The van der Waals surface area contributed by atoms with Crippen molar-refractivity contribution in [2.75, 3.05) is 31.1 Å². The Morgan fingerprint density at radius 2 is 1.70 bits per heavy atom. The lowest BCUT2D eigenvalue weighted by molar-refractivity contribution is -0.144. The van der Waals surface area contributed by atoms with Crippen LogP contribution in [0.1, 0.15) is 30.9 Å². The van der Waals surface area contributed by atoms with Crippen molar-refractivity contribution in [3.05, 3.63) is 65.7 Å². The highest BCUT2D eigenvalue weighted by Gasteiger charge is 2.43. The highest BCUT2D eigenvalue weighted by Crippen LogP contribution is 2.36. The van der Waals surface area contributed by atoms with Crippen LogP contribution in [0, 0.1) is 5.92 Å². The molecular formula is C25H29N3O5. The number of benzene rings is 2. The van der Waals surface area contributed by atoms with Gasteiger partial charge in [-0.25, -0.2) is 4.79 Å². The van der Waals surface area contributed by atoms with Crippen LogP contribution in [0.5, 0.6) is 0 Å². The Kier molecular flexibility index (Phi) is 6.82. The minimum absolute atomic E-state index is 0.155. The van der Waals surface area contributed by atoms with Gasteiger partial charge in [0.1, 0.15) is 6.61 Å². The van der Waals surface area contributed by atoms with Crippen LogP contribution in [0.15, 0.2) is 54.6 Å². The molecule has 2 aliphatic rings. The molecule has 0 radical (unpaired) electrons. The molecule has 2 aromatic rings. The van der Waals surface area contributed by atoms with Crippen molar-refractivity contribution in [3.63, 3.8) is 0 Å². The zero-order valence-corrected chi connectivity index (χ0v) is 18.9. The number of piperazine rings is 1. The van der Waals surface area contributed by atoms with Gasteiger partial charge < -0.3 is 24.6 Å². The fraction of sp³-hybridized carbons (Fsp3) is 0.400. The normalized spacial score (nSPS) is 22.6. The Balaban J connectivity index is 1.30. The zero-order valence-electron chi connectivity index (χ0n) is 18.9. The van der Waals surface area contributed by atoms with Gasteiger partial charge in [-0.15, -0.1) is 0 Å². The van der Waals surface area contributed by atoms with E-state index in [-0.39, 0.29) is 30.5 Å². The van der Waals surface area contributed by atoms with E-state index in [0.717, 1.165) is 16.8 Å². The number of carbonyl (C=O) groups excluding carboxylic acids is 3. The van der Waals surface area contributed by atoms with Crippen LogP contribution in [0.4, 0.5) is 10.5 Å². The molecule has 2 amide bonds. The maximum Gasteiger partial charge on any atom is 0.410 e. The SMILES string of the molecule is CC(=O)N[C@@H]1OC(=O)C(c2ccc(N3CCN(C(=O)OCc4ccccc4)CC3)cc2)C1C. The van der Waals surface area contributed by atoms with E-state index < -0.39 is 12.1 Å². The van der Waals surface area contributed by atoms with Crippen molar-refractivity contribution in [2.24, 2.45) is 5.92 Å². The molecule has 1 N–H and O–H groups in total. The molecule has 2 unspecified atom stereocenters. The Bertz CT molecular complexity index is 987. The molecule has 174 valence electrons. The molecule has 0 spiro atoms. The van der Waals surface area contributed by atoms with E-state index in [4.69, 9.17) is 9.47 Å². The van der Waals surface area contributed by atoms with Gasteiger partial charge in [0.2, 0.25) is 5.91 Å². The summed E-state index contributed by atoms with van der Waals surface area (Å²) in [6.07, 6.45) is -0.897. The molecule has 8 heteroatoms. The minimum Gasteiger partial charge on any atom is -0.445 e. The largest absolute Gasteiger partial charge is 0.445 e. The van der Waals surface area contributed by atoms with Gasteiger partial charge in [-0.1, -0.05) is 49.4 Å². The number of nitrogens with zero attached hydrogens (tertiary/aromatic N) is 2. The fourth-order valence-corrected chi connectivity index (χ4v) is 4.35. The molecule has 0 saturated carbocycles. The van der Waals surface area contributed by atoms with Crippen LogP contribution in [-0.4, -0.2) is 55.3 Å². The molecule has 0 aromatic heterocycles. The molecule has 2 aromatic carbocycles. The van der Waals surface area contributed by atoms with Crippen molar-refractivity contribution in [3.8, 4) is 0 Å². The molecule has 2 aliphatic heterocycles. The van der Waals surface area contributed by atoms with Crippen LogP contribution in [0.2, 0.25) is 0 Å². The van der Waals surface area contributed by atoms with Crippen molar-refractivity contribution >= 4 is 23.7 Å². The van der Waals surface area contributed by atoms with Crippen molar-refractivity contribution in [2.45, 2.75) is 32.6 Å². The molecule has 8 nitrogen and oxygen atoms in total. The highest BCUT2D eigenvalue weighted by molar-refractivity contribution is 5.82. The van der Waals surface area contributed by atoms with Gasteiger partial charge in [0.15, 0.2) is 6.23 Å². The second-order valence-corrected chi connectivity index (χ2v) is 8.50. The maximum absolute atomic E-state index is 12.4. The second kappa shape index (κ2) is 9.94. The molecule has 3 atom stereocenters. The van der Waals surface area contributed by atoms with Crippen molar-refractivity contribution in [1.29, 1.82) is 0 Å². The zero-order chi connectivity index (χ0) is 23.4. The summed E-state index contributed by atoms with van der Waals surface area (Å²) in [4.78, 5) is 40.0. The summed E-state index contributed by atoms with van der Waals surface area (Å²) in [5.41, 5.74) is 2.87. The first-order chi connectivity index (χ1) is 15.9. The van der Waals surface area contributed by atoms with Gasteiger partial charge in [0.05, 0.1) is 5.92 Å². The van der Waals surface area contributed by atoms with E-state index in [9.17, 15) is 14.4 Å². The molecule has 0 aliphatic carbocycles. The Hall–Kier alpha value is -3.55. The number of carbonyl (C=O) groups is 3. The Morgan fingerprint density at radius 1 is 1.03 bits per heavy atom. The molecule has 4 rings (SSSR count). The number of esters is 1. The first-order valence-electron chi connectivity index (χ1n) is 11.2. The lowest BCUT2D eigenvalue weighted by Gasteiger charge is -2.35. The number of amides is 2. The van der Waals surface area contributed by atoms with Crippen molar-refractivity contribution in [1.82, 2.24) is 10.2 Å². The summed E-state index contributed by atoms with van der Waals surface area (Å²) >= 11 is 0. The van der Waals surface area contributed by atoms with Gasteiger partial charge in [0.25, 0.3) is 0 Å². The van der Waals surface area contributed by atoms with E-state index in [2.05, 4.69) is 10.2 Å². The molecule has 2 saturated heterocycles. The average Bonchev–Trinajstić information content (AvgIpc) is 3.10. The summed E-state index contributed by atoms with van der Waals surface area (Å²) in [6.45, 7) is 6.15. The van der Waals surface area contributed by atoms with Crippen molar-refractivity contribution < 1.29 is 23.9 Å². The highest BCUT2D eigenvalue weighted by atomic mass is 16.6. The van der Waals surface area contributed by atoms with E-state index in [1.807, 2.05) is 61.5 Å². The fourth-order valence-electron chi connectivity index (χ4n) is 4.35. The third-order valence-electron chi connectivity index (χ3n) is 6.21. The van der Waals surface area contributed by atoms with E-state index in [1.54, 1.807) is 4.90 Å². The number of rotatable bonds is 5. The first kappa shape index (κ1) is 22.6. The van der Waals surface area contributed by atoms with Crippen LogP contribution in [0.3, 0.4) is 0 Å². The van der Waals surface area contributed by atoms with Gasteiger partial charge in [-0.2, -0.15) is 0 Å². The van der Waals surface area contributed by atoms with Crippen LogP contribution >= 0.6 is 0 Å². The monoisotopic (exact) mass is 451 g/mol. The number of anilines is 1. The number of hydrogen-bond acceptors (Lipinski definition) is 6. The molecule has 0 bridgehead atoms. The number of hydrogen-bond donors (Lipinski definition) is 1. The van der Waals surface area contributed by atoms with E-state index in [0.29, 0.717) is 26.2 Å². The third-order valence-corrected chi connectivity index (χ3v) is 6.21. The molecule has 2 heterocycles. The average molecular weight is 452 g/mol. The maximum atomic E-state index is 12.4. The van der Waals surface area contributed by atoms with Gasteiger partial charge in [0, 0.05) is 44.7 Å². The lowest BCUT2D eigenvalue weighted by Crippen LogP contribution is -2.48. The van der Waals surface area contributed by atoms with Gasteiger partial charge in [-0.3, -0.25) is 9.59 Å². The summed E-state index contributed by atoms with van der Waals surface area (Å²) in [5.74, 6) is -1.11. The van der Waals surface area contributed by atoms with E-state index >= 15 is 0 Å². The molecule has 2 fully saturated rings. The predicted octanol–water partition coefficient (Wildman–Crippen LogP) is 2.88. The predicted molar refractivity (Wildman–Crippen MR) is 122 cm³/mol. The summed E-state index contributed by atoms with van der Waals surface area (Å²) in [6, 6.07) is 17.5. The second-order valence-electron chi connectivity index (χ2n) is 8.50. The topological polar surface area (TPSA) is 88.2 Å². The number of ether oxygens (including phenoxy) is 2. The third kappa shape index (κ3) is 5.27.